The third-order valence-electron chi connectivity index (χ3n) is 2.54. The van der Waals surface area contributed by atoms with Gasteiger partial charge >= 0.3 is 0 Å². The molecule has 11 heavy (non-hydrogen) atoms. The van der Waals surface area contributed by atoms with E-state index >= 15 is 0 Å². The van der Waals surface area contributed by atoms with Crippen molar-refractivity contribution in [1.29, 1.82) is 0 Å². The summed E-state index contributed by atoms with van der Waals surface area (Å²) in [7, 11) is 0. The second kappa shape index (κ2) is 4.04. The fourth-order valence-corrected chi connectivity index (χ4v) is 1.71. The minimum Gasteiger partial charge on any atom is -0.396 e. The average Bonchev–Trinajstić information content (AvgIpc) is 2.05. The van der Waals surface area contributed by atoms with Gasteiger partial charge in [-0.2, -0.15) is 0 Å². The summed E-state index contributed by atoms with van der Waals surface area (Å²) in [5.41, 5.74) is 0. The van der Waals surface area contributed by atoms with Crippen LogP contribution in [0.2, 0.25) is 0 Å². The molecular formula is C8H16O3. The lowest BCUT2D eigenvalue weighted by Crippen LogP contribution is -2.32. The Balaban J connectivity index is 2.37. The van der Waals surface area contributed by atoms with Crippen molar-refractivity contribution >= 4 is 0 Å². The van der Waals surface area contributed by atoms with Crippen LogP contribution in [-0.4, -0.2) is 34.6 Å². The first-order chi connectivity index (χ1) is 5.27. The van der Waals surface area contributed by atoms with E-state index in [2.05, 4.69) is 0 Å². The maximum atomic E-state index is 9.34. The van der Waals surface area contributed by atoms with Crippen molar-refractivity contribution in [3.8, 4) is 0 Å². The normalized spacial score (nSPS) is 39.0. The summed E-state index contributed by atoms with van der Waals surface area (Å²) in [5, 5.41) is 27.0. The Morgan fingerprint density at radius 2 is 1.82 bits per heavy atom. The van der Waals surface area contributed by atoms with Crippen molar-refractivity contribution in [3.05, 3.63) is 0 Å². The largest absolute Gasteiger partial charge is 0.396 e. The van der Waals surface area contributed by atoms with E-state index in [1.807, 2.05) is 0 Å². The molecule has 3 N–H and O–H groups in total. The molecule has 0 amide bonds. The second-order valence-corrected chi connectivity index (χ2v) is 3.37. The smallest absolute Gasteiger partial charge is 0.0590 e. The molecule has 1 aliphatic rings. The summed E-state index contributed by atoms with van der Waals surface area (Å²) in [6.45, 7) is 0.223. The summed E-state index contributed by atoms with van der Waals surface area (Å²) >= 11 is 0. The molecule has 0 radical (unpaired) electrons. The molecule has 0 aromatic rings. The molecule has 1 rings (SSSR count). The van der Waals surface area contributed by atoms with E-state index in [0.717, 1.165) is 19.3 Å². The summed E-state index contributed by atoms with van der Waals surface area (Å²) in [5.74, 6) is 0.274. The number of hydrogen-bond donors (Lipinski definition) is 3. The topological polar surface area (TPSA) is 60.7 Å². The van der Waals surface area contributed by atoms with Gasteiger partial charge in [0.2, 0.25) is 0 Å². The zero-order valence-electron chi connectivity index (χ0n) is 6.61. The van der Waals surface area contributed by atoms with Crippen LogP contribution in [0.15, 0.2) is 0 Å². The molecule has 3 heteroatoms. The van der Waals surface area contributed by atoms with Crippen LogP contribution in [0.25, 0.3) is 0 Å². The van der Waals surface area contributed by atoms with Crippen LogP contribution in [0.4, 0.5) is 0 Å². The van der Waals surface area contributed by atoms with Crippen molar-refractivity contribution < 1.29 is 15.3 Å². The average molecular weight is 160 g/mol. The molecule has 3 atom stereocenters. The third-order valence-corrected chi connectivity index (χ3v) is 2.54. The summed E-state index contributed by atoms with van der Waals surface area (Å²) in [6, 6.07) is 0. The lowest BCUT2D eigenvalue weighted by Gasteiger charge is -2.30. The highest BCUT2D eigenvalue weighted by Crippen LogP contribution is 2.28. The van der Waals surface area contributed by atoms with Gasteiger partial charge in [-0.3, -0.25) is 0 Å². The molecule has 0 aromatic heterocycles. The molecule has 0 saturated heterocycles. The fourth-order valence-electron chi connectivity index (χ4n) is 1.71. The minimum atomic E-state index is -0.359. The predicted molar refractivity (Wildman–Crippen MR) is 41.0 cm³/mol. The van der Waals surface area contributed by atoms with Crippen LogP contribution in [0.1, 0.15) is 19.3 Å². The number of aliphatic hydroxyl groups is 3. The van der Waals surface area contributed by atoms with Crippen molar-refractivity contribution in [2.45, 2.75) is 25.4 Å². The van der Waals surface area contributed by atoms with E-state index in [0.29, 0.717) is 0 Å². The molecule has 0 bridgehead atoms. The van der Waals surface area contributed by atoms with Crippen molar-refractivity contribution in [2.24, 2.45) is 11.8 Å². The zero-order chi connectivity index (χ0) is 8.27. The Kier molecular flexibility index (Phi) is 3.30. The maximum absolute atomic E-state index is 9.34. The molecule has 66 valence electrons. The molecule has 1 aliphatic carbocycles. The first-order valence-corrected chi connectivity index (χ1v) is 4.17. The van der Waals surface area contributed by atoms with Crippen LogP contribution in [-0.2, 0) is 0 Å². The highest BCUT2D eigenvalue weighted by atomic mass is 16.3. The van der Waals surface area contributed by atoms with Crippen molar-refractivity contribution in [2.75, 3.05) is 13.2 Å². The molecular weight excluding hydrogens is 144 g/mol. The van der Waals surface area contributed by atoms with E-state index in [9.17, 15) is 5.11 Å². The first-order valence-electron chi connectivity index (χ1n) is 4.17. The van der Waals surface area contributed by atoms with Crippen molar-refractivity contribution in [1.82, 2.24) is 0 Å². The Labute approximate surface area is 66.7 Å². The van der Waals surface area contributed by atoms with Gasteiger partial charge < -0.3 is 15.3 Å². The Hall–Kier alpha value is -0.120. The molecule has 3 nitrogen and oxygen atoms in total. The summed E-state index contributed by atoms with van der Waals surface area (Å²) < 4.78 is 0. The van der Waals surface area contributed by atoms with Gasteiger partial charge in [0.05, 0.1) is 6.10 Å². The van der Waals surface area contributed by atoms with Crippen molar-refractivity contribution in [3.63, 3.8) is 0 Å². The fraction of sp³-hybridized carbons (Fsp3) is 1.00. The molecule has 1 saturated carbocycles. The van der Waals surface area contributed by atoms with E-state index in [-0.39, 0.29) is 31.2 Å². The van der Waals surface area contributed by atoms with Gasteiger partial charge in [0.25, 0.3) is 0 Å². The molecule has 0 heterocycles. The summed E-state index contributed by atoms with van der Waals surface area (Å²) in [6.07, 6.45) is 2.00. The number of rotatable bonds is 2. The molecule has 0 aliphatic heterocycles. The van der Waals surface area contributed by atoms with Crippen LogP contribution in [0.3, 0.4) is 0 Å². The van der Waals surface area contributed by atoms with Gasteiger partial charge in [-0.15, -0.1) is 0 Å². The zero-order valence-corrected chi connectivity index (χ0v) is 6.61. The van der Waals surface area contributed by atoms with E-state index in [1.165, 1.54) is 0 Å². The lowest BCUT2D eigenvalue weighted by atomic mass is 9.80. The molecule has 0 spiro atoms. The van der Waals surface area contributed by atoms with E-state index in [4.69, 9.17) is 10.2 Å². The quantitative estimate of drug-likeness (QED) is 0.522. The third kappa shape index (κ3) is 2.15. The van der Waals surface area contributed by atoms with E-state index in [1.54, 1.807) is 0 Å². The van der Waals surface area contributed by atoms with Gasteiger partial charge in [0, 0.05) is 19.1 Å². The van der Waals surface area contributed by atoms with Gasteiger partial charge in [-0.1, -0.05) is 0 Å². The van der Waals surface area contributed by atoms with Crippen LogP contribution >= 0.6 is 0 Å². The first kappa shape index (κ1) is 8.97. The monoisotopic (exact) mass is 160 g/mol. The van der Waals surface area contributed by atoms with Gasteiger partial charge in [0.15, 0.2) is 0 Å². The molecule has 3 unspecified atom stereocenters. The van der Waals surface area contributed by atoms with Gasteiger partial charge in [-0.25, -0.2) is 0 Å². The van der Waals surface area contributed by atoms with Crippen LogP contribution in [0, 0.1) is 11.8 Å². The Morgan fingerprint density at radius 3 is 2.36 bits per heavy atom. The maximum Gasteiger partial charge on any atom is 0.0590 e. The number of hydrogen-bond acceptors (Lipinski definition) is 3. The van der Waals surface area contributed by atoms with Gasteiger partial charge in [-0.05, 0) is 25.2 Å². The van der Waals surface area contributed by atoms with Crippen LogP contribution in [0.5, 0.6) is 0 Å². The Bertz CT molecular complexity index is 116. The number of aliphatic hydroxyl groups excluding tert-OH is 3. The van der Waals surface area contributed by atoms with Gasteiger partial charge in [0.1, 0.15) is 0 Å². The van der Waals surface area contributed by atoms with Crippen LogP contribution < -0.4 is 0 Å². The highest BCUT2D eigenvalue weighted by Gasteiger charge is 2.27. The minimum absolute atomic E-state index is 0.0131. The lowest BCUT2D eigenvalue weighted by molar-refractivity contribution is 0.00639. The summed E-state index contributed by atoms with van der Waals surface area (Å²) in [4.78, 5) is 0. The standard InChI is InChI=1S/C8H16O3/c9-4-6-1-2-8(11)7(3-6)5-10/h6-11H,1-5H2. The Morgan fingerprint density at radius 1 is 1.09 bits per heavy atom. The SMILES string of the molecule is OCC1CCC(O)C(CO)C1. The second-order valence-electron chi connectivity index (χ2n) is 3.37. The van der Waals surface area contributed by atoms with E-state index < -0.39 is 0 Å². The highest BCUT2D eigenvalue weighted by molar-refractivity contribution is 4.78. The predicted octanol–water partition coefficient (Wildman–Crippen LogP) is -0.252. The molecule has 1 fully saturated rings. The molecule has 0 aromatic carbocycles.